The molecule has 2 rings (SSSR count). The van der Waals surface area contributed by atoms with Gasteiger partial charge in [-0.25, -0.2) is 0 Å². The van der Waals surface area contributed by atoms with Gasteiger partial charge >= 0.3 is 0 Å². The zero-order chi connectivity index (χ0) is 8.72. The van der Waals surface area contributed by atoms with E-state index in [1.807, 2.05) is 0 Å². The van der Waals surface area contributed by atoms with E-state index in [0.29, 0.717) is 5.69 Å². The van der Waals surface area contributed by atoms with Crippen molar-refractivity contribution in [3.8, 4) is 0 Å². The van der Waals surface area contributed by atoms with E-state index >= 15 is 0 Å². The van der Waals surface area contributed by atoms with Gasteiger partial charge in [-0.15, -0.1) is 0 Å². The maximum Gasteiger partial charge on any atom is 0.274 e. The Bertz CT molecular complexity index is 369. The molecule has 2 amide bonds. The first-order valence-electron chi connectivity index (χ1n) is 3.37. The van der Waals surface area contributed by atoms with Crippen LogP contribution in [-0.2, 0) is 11.3 Å². The van der Waals surface area contributed by atoms with Gasteiger partial charge in [-0.3, -0.25) is 14.9 Å². The molecular weight excluding hydrogens is 224 g/mol. The van der Waals surface area contributed by atoms with Gasteiger partial charge in [-0.1, -0.05) is 0 Å². The maximum absolute atomic E-state index is 11.1. The van der Waals surface area contributed by atoms with Gasteiger partial charge in [-0.05, 0) is 28.1 Å². The molecule has 62 valence electrons. The Morgan fingerprint density at radius 2 is 2.17 bits per heavy atom. The monoisotopic (exact) mass is 228 g/mol. The number of fused-ring (bicyclic) bond motifs is 1. The number of nitrogens with one attached hydrogen (secondary N) is 1. The lowest BCUT2D eigenvalue weighted by atomic mass is 10.3. The van der Waals surface area contributed by atoms with Crippen molar-refractivity contribution in [2.45, 2.75) is 6.54 Å². The van der Waals surface area contributed by atoms with E-state index in [9.17, 15) is 9.59 Å². The molecule has 4 nitrogen and oxygen atoms in total. The van der Waals surface area contributed by atoms with Gasteiger partial charge in [0.25, 0.3) is 5.91 Å². The molecule has 0 atom stereocenters. The zero-order valence-electron chi connectivity index (χ0n) is 6.00. The number of amides is 2. The summed E-state index contributed by atoms with van der Waals surface area (Å²) in [6.45, 7) is 0.203. The van der Waals surface area contributed by atoms with Crippen LogP contribution in [-0.4, -0.2) is 16.4 Å². The van der Waals surface area contributed by atoms with Gasteiger partial charge in [0.2, 0.25) is 5.91 Å². The molecule has 0 saturated carbocycles. The van der Waals surface area contributed by atoms with E-state index in [-0.39, 0.29) is 18.4 Å². The summed E-state index contributed by atoms with van der Waals surface area (Å²) < 4.78 is 2.38. The van der Waals surface area contributed by atoms with Crippen molar-refractivity contribution < 1.29 is 9.59 Å². The van der Waals surface area contributed by atoms with Crippen LogP contribution in [0.3, 0.4) is 0 Å². The second-order valence-electron chi connectivity index (χ2n) is 2.50. The summed E-state index contributed by atoms with van der Waals surface area (Å²) in [6, 6.07) is 3.42. The van der Waals surface area contributed by atoms with Gasteiger partial charge < -0.3 is 4.57 Å². The smallest absolute Gasteiger partial charge is 0.274 e. The lowest BCUT2D eigenvalue weighted by Crippen LogP contribution is -2.40. The van der Waals surface area contributed by atoms with Crippen LogP contribution >= 0.6 is 15.9 Å². The highest BCUT2D eigenvalue weighted by atomic mass is 79.9. The van der Waals surface area contributed by atoms with Crippen LogP contribution in [0.2, 0.25) is 0 Å². The summed E-state index contributed by atoms with van der Waals surface area (Å²) >= 11 is 3.24. The van der Waals surface area contributed by atoms with Crippen molar-refractivity contribution in [2.75, 3.05) is 0 Å². The Labute approximate surface area is 76.7 Å². The van der Waals surface area contributed by atoms with Crippen molar-refractivity contribution in [2.24, 2.45) is 0 Å². The fourth-order valence-corrected chi connectivity index (χ4v) is 1.62. The van der Waals surface area contributed by atoms with Crippen LogP contribution in [0.4, 0.5) is 0 Å². The second kappa shape index (κ2) is 2.45. The first-order valence-corrected chi connectivity index (χ1v) is 4.17. The Morgan fingerprint density at radius 1 is 1.42 bits per heavy atom. The normalized spacial score (nSPS) is 15.8. The number of halogens is 1. The number of nitrogens with zero attached hydrogens (tertiary/aromatic N) is 1. The minimum absolute atomic E-state index is 0.203. The average molecular weight is 229 g/mol. The van der Waals surface area contributed by atoms with Crippen molar-refractivity contribution in [1.29, 1.82) is 0 Å². The summed E-state index contributed by atoms with van der Waals surface area (Å²) in [5.41, 5.74) is 0.515. The minimum Gasteiger partial charge on any atom is -0.322 e. The lowest BCUT2D eigenvalue weighted by molar-refractivity contribution is -0.121. The maximum atomic E-state index is 11.1. The molecule has 5 heteroatoms. The number of rotatable bonds is 0. The first kappa shape index (κ1) is 7.54. The highest BCUT2D eigenvalue weighted by Gasteiger charge is 2.22. The minimum atomic E-state index is -0.336. The molecule has 1 N–H and O–H groups in total. The number of imide groups is 1. The van der Waals surface area contributed by atoms with Crippen LogP contribution in [0.15, 0.2) is 16.7 Å². The molecule has 0 aliphatic carbocycles. The molecule has 12 heavy (non-hydrogen) atoms. The molecule has 1 aliphatic heterocycles. The van der Waals surface area contributed by atoms with Gasteiger partial charge in [0.1, 0.15) is 12.2 Å². The summed E-state index contributed by atoms with van der Waals surface area (Å²) in [6.07, 6.45) is 0. The quantitative estimate of drug-likeness (QED) is 0.659. The fourth-order valence-electron chi connectivity index (χ4n) is 1.18. The Kier molecular flexibility index (Phi) is 1.54. The van der Waals surface area contributed by atoms with E-state index in [0.717, 1.165) is 4.60 Å². The molecule has 1 aromatic heterocycles. The number of hydrogen-bond donors (Lipinski definition) is 1. The van der Waals surface area contributed by atoms with E-state index in [4.69, 9.17) is 0 Å². The molecular formula is C7H5BrN2O2. The highest BCUT2D eigenvalue weighted by molar-refractivity contribution is 9.10. The topological polar surface area (TPSA) is 51.1 Å². The summed E-state index contributed by atoms with van der Waals surface area (Å²) in [7, 11) is 0. The Balaban J connectivity index is 2.57. The summed E-state index contributed by atoms with van der Waals surface area (Å²) in [5, 5.41) is 2.23. The van der Waals surface area contributed by atoms with Gasteiger partial charge in [0.15, 0.2) is 0 Å². The summed E-state index contributed by atoms with van der Waals surface area (Å²) in [4.78, 5) is 22.0. The number of carbonyl (C=O) groups excluding carboxylic acids is 2. The molecule has 0 saturated heterocycles. The van der Waals surface area contributed by atoms with Crippen molar-refractivity contribution in [3.63, 3.8) is 0 Å². The van der Waals surface area contributed by atoms with E-state index < -0.39 is 0 Å². The third kappa shape index (κ3) is 0.972. The van der Waals surface area contributed by atoms with Crippen LogP contribution < -0.4 is 5.32 Å². The molecule has 0 radical (unpaired) electrons. The third-order valence-electron chi connectivity index (χ3n) is 1.71. The molecule has 1 aromatic rings. The molecule has 2 heterocycles. The van der Waals surface area contributed by atoms with Crippen LogP contribution in [0.1, 0.15) is 10.5 Å². The van der Waals surface area contributed by atoms with Gasteiger partial charge in [-0.2, -0.15) is 0 Å². The first-order chi connectivity index (χ1) is 5.68. The second-order valence-corrected chi connectivity index (χ2v) is 3.32. The molecule has 0 bridgehead atoms. The molecule has 0 aromatic carbocycles. The van der Waals surface area contributed by atoms with Crippen molar-refractivity contribution in [1.82, 2.24) is 9.88 Å². The SMILES string of the molecule is O=C1Cn2c(Br)ccc2C(=O)N1. The van der Waals surface area contributed by atoms with E-state index in [1.165, 1.54) is 0 Å². The lowest BCUT2D eigenvalue weighted by Gasteiger charge is -2.14. The van der Waals surface area contributed by atoms with Gasteiger partial charge in [0, 0.05) is 0 Å². The predicted molar refractivity (Wildman–Crippen MR) is 44.6 cm³/mol. The fraction of sp³-hybridized carbons (Fsp3) is 0.143. The third-order valence-corrected chi connectivity index (χ3v) is 2.41. The van der Waals surface area contributed by atoms with Crippen molar-refractivity contribution in [3.05, 3.63) is 22.4 Å². The number of aromatic nitrogens is 1. The zero-order valence-corrected chi connectivity index (χ0v) is 7.59. The van der Waals surface area contributed by atoms with Gasteiger partial charge in [0.05, 0.1) is 4.60 Å². The van der Waals surface area contributed by atoms with Crippen LogP contribution in [0.25, 0.3) is 0 Å². The highest BCUT2D eigenvalue weighted by Crippen LogP contribution is 2.17. The molecule has 0 fully saturated rings. The number of carbonyl (C=O) groups is 2. The largest absolute Gasteiger partial charge is 0.322 e. The number of hydrogen-bond acceptors (Lipinski definition) is 2. The molecule has 0 spiro atoms. The standard InChI is InChI=1S/C7H5BrN2O2/c8-5-2-1-4-7(12)9-6(11)3-10(4)5/h1-2H,3H2,(H,9,11,12). The molecule has 0 unspecified atom stereocenters. The predicted octanol–water partition coefficient (Wildman–Crippen LogP) is 0.521. The average Bonchev–Trinajstić information content (AvgIpc) is 2.33. The Hall–Kier alpha value is -1.10. The van der Waals surface area contributed by atoms with Crippen LogP contribution in [0, 0.1) is 0 Å². The van der Waals surface area contributed by atoms with E-state index in [2.05, 4.69) is 21.2 Å². The van der Waals surface area contributed by atoms with E-state index in [1.54, 1.807) is 16.7 Å². The Morgan fingerprint density at radius 3 is 2.92 bits per heavy atom. The molecule has 1 aliphatic rings. The van der Waals surface area contributed by atoms with Crippen molar-refractivity contribution >= 4 is 27.7 Å². The summed E-state index contributed by atoms with van der Waals surface area (Å²) in [5.74, 6) is -0.610. The van der Waals surface area contributed by atoms with Crippen LogP contribution in [0.5, 0.6) is 0 Å².